The van der Waals surface area contributed by atoms with E-state index in [4.69, 9.17) is 4.74 Å². The maximum absolute atomic E-state index is 12.2. The number of rotatable bonds is 10. The van der Waals surface area contributed by atoms with Gasteiger partial charge in [0.05, 0.1) is 5.56 Å². The highest BCUT2D eigenvalue weighted by Gasteiger charge is 2.33. The zero-order valence-corrected chi connectivity index (χ0v) is 17.2. The number of ether oxygens (including phenoxy) is 1. The molecule has 1 heterocycles. The molecule has 128 valence electrons. The average molecular weight is 390 g/mol. The van der Waals surface area contributed by atoms with Crippen LogP contribution in [0.3, 0.4) is 0 Å². The van der Waals surface area contributed by atoms with Gasteiger partial charge in [0.1, 0.15) is 5.60 Å². The van der Waals surface area contributed by atoms with Crippen LogP contribution in [0.15, 0.2) is 37.2 Å². The summed E-state index contributed by atoms with van der Waals surface area (Å²) in [5.41, 5.74) is -0.0556. The summed E-state index contributed by atoms with van der Waals surface area (Å²) < 4.78 is 5.67. The van der Waals surface area contributed by atoms with Crippen molar-refractivity contribution in [2.75, 3.05) is 5.75 Å². The monoisotopic (exact) mass is 389 g/mol. The number of pyridine rings is 1. The molecule has 0 radical (unpaired) electrons. The lowest BCUT2D eigenvalue weighted by atomic mass is 9.95. The molecule has 3 nitrogen and oxygen atoms in total. The predicted octanol–water partition coefficient (Wildman–Crippen LogP) is 6.05. The van der Waals surface area contributed by atoms with Crippen LogP contribution in [-0.2, 0) is 4.74 Å². The second kappa shape index (κ2) is 9.91. The summed E-state index contributed by atoms with van der Waals surface area (Å²) in [6.45, 7) is 11.9. The molecule has 7 heteroatoms. The molecule has 0 atom stereocenters. The van der Waals surface area contributed by atoms with Gasteiger partial charge in [-0.25, -0.2) is 4.79 Å². The van der Waals surface area contributed by atoms with Crippen LogP contribution in [0.2, 0.25) is 0 Å². The lowest BCUT2D eigenvalue weighted by Gasteiger charge is -2.33. The number of aromatic nitrogens is 1. The molecule has 0 unspecified atom stereocenters. The Hall–Kier alpha value is -0.240. The van der Waals surface area contributed by atoms with Gasteiger partial charge in [-0.1, -0.05) is 27.7 Å². The first-order chi connectivity index (χ1) is 10.8. The van der Waals surface area contributed by atoms with Crippen molar-refractivity contribution < 1.29 is 9.53 Å². The van der Waals surface area contributed by atoms with Crippen molar-refractivity contribution in [2.45, 2.75) is 44.5 Å². The Morgan fingerprint density at radius 1 is 1.35 bits per heavy atom. The van der Waals surface area contributed by atoms with Crippen molar-refractivity contribution in [1.82, 2.24) is 4.98 Å². The normalized spacial score (nSPS) is 12.0. The van der Waals surface area contributed by atoms with Gasteiger partial charge in [0.2, 0.25) is 0 Å². The Labute approximate surface area is 154 Å². The second-order valence-corrected chi connectivity index (χ2v) is 12.7. The third kappa shape index (κ3) is 8.98. The van der Waals surface area contributed by atoms with E-state index >= 15 is 0 Å². The zero-order chi connectivity index (χ0) is 17.3. The van der Waals surface area contributed by atoms with E-state index in [0.29, 0.717) is 5.56 Å². The summed E-state index contributed by atoms with van der Waals surface area (Å²) >= 11 is 0. The Balaban J connectivity index is 2.48. The molecule has 1 aromatic rings. The van der Waals surface area contributed by atoms with E-state index < -0.39 is 5.60 Å². The van der Waals surface area contributed by atoms with Crippen LogP contribution in [0.4, 0.5) is 0 Å². The van der Waals surface area contributed by atoms with Gasteiger partial charge in [0.15, 0.2) is 0 Å². The van der Waals surface area contributed by atoms with E-state index in [1.165, 1.54) is 6.20 Å². The molecule has 1 aromatic heterocycles. The molecule has 0 aliphatic heterocycles. The van der Waals surface area contributed by atoms with Crippen LogP contribution in [0.1, 0.15) is 44.5 Å². The minimum atomic E-state index is -0.539. The Bertz CT molecular complexity index is 506. The summed E-state index contributed by atoms with van der Waals surface area (Å²) in [4.78, 5) is 16.1. The number of nitrogens with zero attached hydrogens (tertiary/aromatic N) is 1. The van der Waals surface area contributed by atoms with Gasteiger partial charge in [0, 0.05) is 29.3 Å². The van der Waals surface area contributed by atoms with E-state index in [1.54, 1.807) is 59.6 Å². The van der Waals surface area contributed by atoms with Crippen molar-refractivity contribution in [3.05, 3.63) is 42.7 Å². The van der Waals surface area contributed by atoms with Crippen molar-refractivity contribution in [1.29, 1.82) is 0 Å². The molecule has 0 aliphatic rings. The lowest BCUT2D eigenvalue weighted by molar-refractivity contribution is -0.00739. The Morgan fingerprint density at radius 2 is 2.09 bits per heavy atom. The highest BCUT2D eigenvalue weighted by Crippen LogP contribution is 2.50. The van der Waals surface area contributed by atoms with Crippen LogP contribution in [0.5, 0.6) is 0 Å². The fourth-order valence-electron chi connectivity index (χ4n) is 2.09. The largest absolute Gasteiger partial charge is 0.456 e. The molecule has 0 N–H and O–H groups in total. The van der Waals surface area contributed by atoms with Gasteiger partial charge in [0.25, 0.3) is 0 Å². The topological polar surface area (TPSA) is 39.2 Å². The molecule has 0 aromatic carbocycles. The van der Waals surface area contributed by atoms with Crippen molar-refractivity contribution in [2.24, 2.45) is 0 Å². The SMILES string of the molecule is C=CCSSSSC(C)(C)CC(C)(C)OC(=O)c1cccnc1. The summed E-state index contributed by atoms with van der Waals surface area (Å²) in [5.74, 6) is 0.611. The third-order valence-electron chi connectivity index (χ3n) is 2.64. The molecule has 1 rings (SSSR count). The average Bonchev–Trinajstić information content (AvgIpc) is 2.46. The van der Waals surface area contributed by atoms with E-state index in [-0.39, 0.29) is 10.7 Å². The zero-order valence-electron chi connectivity index (χ0n) is 13.9. The van der Waals surface area contributed by atoms with Crippen LogP contribution >= 0.6 is 41.2 Å². The number of esters is 1. The molecule has 0 aliphatic carbocycles. The first kappa shape index (κ1) is 20.8. The maximum Gasteiger partial charge on any atom is 0.340 e. The van der Waals surface area contributed by atoms with Crippen molar-refractivity contribution in [3.63, 3.8) is 0 Å². The molecule has 0 saturated heterocycles. The smallest absolute Gasteiger partial charge is 0.340 e. The van der Waals surface area contributed by atoms with Crippen molar-refractivity contribution >= 4 is 47.2 Å². The lowest BCUT2D eigenvalue weighted by Crippen LogP contribution is -2.35. The third-order valence-corrected chi connectivity index (χ3v) is 9.73. The van der Waals surface area contributed by atoms with Gasteiger partial charge < -0.3 is 4.74 Å². The molecular weight excluding hydrogens is 366 g/mol. The molecule has 0 saturated carbocycles. The Kier molecular flexibility index (Phi) is 8.97. The van der Waals surface area contributed by atoms with E-state index in [2.05, 4.69) is 25.4 Å². The van der Waals surface area contributed by atoms with Crippen LogP contribution in [0, 0.1) is 0 Å². The highest BCUT2D eigenvalue weighted by atomic mass is 33.7. The number of carbonyl (C=O) groups is 1. The first-order valence-corrected chi connectivity index (χ1v) is 12.1. The summed E-state index contributed by atoms with van der Waals surface area (Å²) in [7, 11) is 7.07. The van der Waals surface area contributed by atoms with E-state index in [1.807, 2.05) is 19.9 Å². The van der Waals surface area contributed by atoms with Crippen LogP contribution in [0.25, 0.3) is 0 Å². The van der Waals surface area contributed by atoms with Crippen molar-refractivity contribution in [3.8, 4) is 0 Å². The quantitative estimate of drug-likeness (QED) is 0.209. The minimum Gasteiger partial charge on any atom is -0.456 e. The van der Waals surface area contributed by atoms with Gasteiger partial charge >= 0.3 is 5.97 Å². The number of carbonyl (C=O) groups excluding carboxylic acids is 1. The molecule has 0 fully saturated rings. The summed E-state index contributed by atoms with van der Waals surface area (Å²) in [6, 6.07) is 3.45. The van der Waals surface area contributed by atoms with Gasteiger partial charge in [-0.05, 0) is 59.5 Å². The summed E-state index contributed by atoms with van der Waals surface area (Å²) in [5, 5.41) is 0. The van der Waals surface area contributed by atoms with Crippen LogP contribution in [-0.4, -0.2) is 27.1 Å². The molecule has 23 heavy (non-hydrogen) atoms. The standard InChI is InChI=1S/C16H23NO2S4/c1-6-10-20-22-23-21-16(4,5)12-15(2,3)19-14(18)13-8-7-9-17-11-13/h6-9,11H,1,10,12H2,2-5H3. The van der Waals surface area contributed by atoms with E-state index in [0.717, 1.165) is 12.2 Å². The molecule has 0 bridgehead atoms. The van der Waals surface area contributed by atoms with Gasteiger partial charge in [-0.15, -0.1) is 6.58 Å². The van der Waals surface area contributed by atoms with E-state index in [9.17, 15) is 4.79 Å². The molecule has 0 spiro atoms. The first-order valence-electron chi connectivity index (χ1n) is 7.14. The molecule has 0 amide bonds. The minimum absolute atomic E-state index is 0.00881. The van der Waals surface area contributed by atoms with Gasteiger partial charge in [-0.2, -0.15) is 0 Å². The number of hydrogen-bond donors (Lipinski definition) is 0. The maximum atomic E-state index is 12.2. The highest BCUT2D eigenvalue weighted by molar-refractivity contribution is 9.26. The molecular formula is C16H23NO2S4. The predicted molar refractivity (Wildman–Crippen MR) is 108 cm³/mol. The van der Waals surface area contributed by atoms with Crippen LogP contribution < -0.4 is 0 Å². The second-order valence-electron chi connectivity index (χ2n) is 6.12. The fraction of sp³-hybridized carbons (Fsp3) is 0.500. The fourth-order valence-corrected chi connectivity index (χ4v) is 8.85. The summed E-state index contributed by atoms with van der Waals surface area (Å²) in [6.07, 6.45) is 5.83. The number of hydrogen-bond acceptors (Lipinski definition) is 7. The van der Waals surface area contributed by atoms with Gasteiger partial charge in [-0.3, -0.25) is 4.98 Å². The Morgan fingerprint density at radius 3 is 2.70 bits per heavy atom.